The number of amides is 2. The molecule has 2 fully saturated rings. The highest BCUT2D eigenvalue weighted by Gasteiger charge is 2.47. The first-order chi connectivity index (χ1) is 15.0. The van der Waals surface area contributed by atoms with Crippen molar-refractivity contribution in [3.8, 4) is 11.5 Å². The highest BCUT2D eigenvalue weighted by atomic mass is 16.5. The zero-order chi connectivity index (χ0) is 22.0. The number of imide groups is 1. The molecule has 7 nitrogen and oxygen atoms in total. The first-order valence-electron chi connectivity index (χ1n) is 10.8. The predicted molar refractivity (Wildman–Crippen MR) is 117 cm³/mol. The number of hydrogen-bond donors (Lipinski definition) is 2. The molecular weight excluding hydrogens is 394 g/mol. The molecule has 2 aromatic rings. The number of rotatable bonds is 6. The van der Waals surface area contributed by atoms with Gasteiger partial charge < -0.3 is 19.3 Å². The van der Waals surface area contributed by atoms with Crippen molar-refractivity contribution < 1.29 is 28.9 Å². The van der Waals surface area contributed by atoms with Gasteiger partial charge in [0, 0.05) is 11.6 Å². The van der Waals surface area contributed by atoms with Gasteiger partial charge in [0.2, 0.25) is 5.91 Å². The van der Waals surface area contributed by atoms with E-state index in [-0.39, 0.29) is 24.3 Å². The summed E-state index contributed by atoms with van der Waals surface area (Å²) < 4.78 is 10.6. The van der Waals surface area contributed by atoms with Crippen molar-refractivity contribution in [1.29, 1.82) is 0 Å². The molecule has 4 rings (SSSR count). The second kappa shape index (κ2) is 9.08. The molecule has 0 radical (unpaired) electrons. The van der Waals surface area contributed by atoms with Gasteiger partial charge in [-0.3, -0.25) is 9.59 Å². The lowest BCUT2D eigenvalue weighted by Gasteiger charge is -2.32. The van der Waals surface area contributed by atoms with Crippen LogP contribution in [0.15, 0.2) is 42.5 Å². The lowest BCUT2D eigenvalue weighted by Crippen LogP contribution is -3.29. The Balaban J connectivity index is 1.40. The summed E-state index contributed by atoms with van der Waals surface area (Å²) in [7, 11) is 3.10. The maximum Gasteiger partial charge on any atom is 0.292 e. The molecule has 0 aromatic heterocycles. The van der Waals surface area contributed by atoms with Crippen LogP contribution in [0.3, 0.4) is 0 Å². The molecule has 0 bridgehead atoms. The van der Waals surface area contributed by atoms with Crippen molar-refractivity contribution in [2.45, 2.75) is 25.9 Å². The standard InChI is InChI=1S/C24H29N3O4/c1-17-5-4-6-18(13-17)16-25-9-11-26(12-10-25)20-15-23(28)27(24(20)29)19-7-8-21(30-2)22(14-19)31-3/h4-8,13-14,20H,9-12,15-16H2,1-3H3/p+2/t20-/m0/s1. The number of benzene rings is 2. The van der Waals surface area contributed by atoms with Gasteiger partial charge in [-0.05, 0) is 19.1 Å². The third-order valence-electron chi connectivity index (χ3n) is 6.40. The van der Waals surface area contributed by atoms with E-state index in [1.54, 1.807) is 32.4 Å². The number of quaternary nitrogens is 2. The molecule has 31 heavy (non-hydrogen) atoms. The fourth-order valence-electron chi connectivity index (χ4n) is 4.75. The summed E-state index contributed by atoms with van der Waals surface area (Å²) >= 11 is 0. The normalized spacial score (nSPS) is 23.8. The van der Waals surface area contributed by atoms with E-state index in [9.17, 15) is 9.59 Å². The van der Waals surface area contributed by atoms with Crippen LogP contribution in [-0.4, -0.2) is 58.3 Å². The first kappa shape index (κ1) is 21.3. The number of piperazine rings is 1. The van der Waals surface area contributed by atoms with Gasteiger partial charge >= 0.3 is 0 Å². The van der Waals surface area contributed by atoms with E-state index in [4.69, 9.17) is 9.47 Å². The van der Waals surface area contributed by atoms with Gasteiger partial charge in [-0.25, -0.2) is 4.90 Å². The third-order valence-corrected chi connectivity index (χ3v) is 6.40. The second-order valence-electron chi connectivity index (χ2n) is 8.44. The average Bonchev–Trinajstić information content (AvgIpc) is 3.07. The predicted octanol–water partition coefficient (Wildman–Crippen LogP) is -0.372. The van der Waals surface area contributed by atoms with Gasteiger partial charge in [0.25, 0.3) is 5.91 Å². The molecule has 7 heteroatoms. The molecule has 1 atom stereocenters. The van der Waals surface area contributed by atoms with E-state index in [1.807, 2.05) is 0 Å². The average molecular weight is 426 g/mol. The van der Waals surface area contributed by atoms with Crippen LogP contribution < -0.4 is 24.2 Å². The van der Waals surface area contributed by atoms with Gasteiger partial charge in [0.1, 0.15) is 32.7 Å². The Hall–Kier alpha value is -2.90. The first-order valence-corrected chi connectivity index (χ1v) is 10.8. The Kier molecular flexibility index (Phi) is 6.25. The number of carbonyl (C=O) groups excluding carboxylic acids is 2. The third kappa shape index (κ3) is 4.43. The van der Waals surface area contributed by atoms with Crippen LogP contribution in [0.4, 0.5) is 5.69 Å². The van der Waals surface area contributed by atoms with Crippen LogP contribution in [-0.2, 0) is 16.1 Å². The number of nitrogens with zero attached hydrogens (tertiary/aromatic N) is 1. The molecule has 2 saturated heterocycles. The lowest BCUT2D eigenvalue weighted by atomic mass is 10.1. The molecule has 164 valence electrons. The van der Waals surface area contributed by atoms with E-state index in [0.717, 1.165) is 32.7 Å². The van der Waals surface area contributed by atoms with Gasteiger partial charge in [0.15, 0.2) is 17.5 Å². The van der Waals surface area contributed by atoms with Crippen LogP contribution in [0.25, 0.3) is 0 Å². The molecule has 0 saturated carbocycles. The Bertz CT molecular complexity index is 969. The number of carbonyl (C=O) groups is 2. The molecule has 0 spiro atoms. The fraction of sp³-hybridized carbons (Fsp3) is 0.417. The van der Waals surface area contributed by atoms with Crippen LogP contribution in [0.5, 0.6) is 11.5 Å². The number of aryl methyl sites for hydroxylation is 1. The van der Waals surface area contributed by atoms with E-state index in [0.29, 0.717) is 17.2 Å². The fourth-order valence-corrected chi connectivity index (χ4v) is 4.75. The minimum Gasteiger partial charge on any atom is -0.493 e. The summed E-state index contributed by atoms with van der Waals surface area (Å²) in [6.07, 6.45) is 0.260. The quantitative estimate of drug-likeness (QED) is 0.620. The van der Waals surface area contributed by atoms with Crippen molar-refractivity contribution in [2.24, 2.45) is 0 Å². The summed E-state index contributed by atoms with van der Waals surface area (Å²) in [5.41, 5.74) is 3.18. The maximum atomic E-state index is 13.2. The van der Waals surface area contributed by atoms with E-state index < -0.39 is 0 Å². The van der Waals surface area contributed by atoms with Gasteiger partial charge in [0.05, 0.1) is 26.3 Å². The topological polar surface area (TPSA) is 64.7 Å². The Morgan fingerprint density at radius 3 is 2.39 bits per heavy atom. The van der Waals surface area contributed by atoms with Crippen molar-refractivity contribution in [3.05, 3.63) is 53.6 Å². The minimum atomic E-state index is -0.305. The molecule has 2 aliphatic rings. The molecule has 2 N–H and O–H groups in total. The van der Waals surface area contributed by atoms with Crippen LogP contribution >= 0.6 is 0 Å². The van der Waals surface area contributed by atoms with Crippen LogP contribution in [0.1, 0.15) is 17.5 Å². The van der Waals surface area contributed by atoms with Crippen molar-refractivity contribution >= 4 is 17.5 Å². The molecule has 2 heterocycles. The number of nitrogens with one attached hydrogen (secondary N) is 2. The second-order valence-corrected chi connectivity index (χ2v) is 8.44. The number of methoxy groups -OCH3 is 2. The Morgan fingerprint density at radius 1 is 0.968 bits per heavy atom. The molecule has 0 aliphatic carbocycles. The maximum absolute atomic E-state index is 13.2. The van der Waals surface area contributed by atoms with Crippen molar-refractivity contribution in [3.63, 3.8) is 0 Å². The van der Waals surface area contributed by atoms with Crippen molar-refractivity contribution in [1.82, 2.24) is 0 Å². The highest BCUT2D eigenvalue weighted by molar-refractivity contribution is 6.22. The summed E-state index contributed by atoms with van der Waals surface area (Å²) in [5.74, 6) is 0.809. The molecule has 2 aliphatic heterocycles. The number of ether oxygens (including phenoxy) is 2. The van der Waals surface area contributed by atoms with E-state index in [2.05, 4.69) is 31.2 Å². The minimum absolute atomic E-state index is 0.116. The molecular formula is C24H31N3O4+2. The molecule has 0 unspecified atom stereocenters. The Labute approximate surface area is 183 Å². The number of hydrogen-bond acceptors (Lipinski definition) is 4. The zero-order valence-corrected chi connectivity index (χ0v) is 18.4. The number of anilines is 1. The van der Waals surface area contributed by atoms with Gasteiger partial charge in [-0.1, -0.05) is 29.8 Å². The largest absolute Gasteiger partial charge is 0.493 e. The molecule has 2 aromatic carbocycles. The summed E-state index contributed by atoms with van der Waals surface area (Å²) in [5, 5.41) is 0. The monoisotopic (exact) mass is 425 g/mol. The Morgan fingerprint density at radius 2 is 1.71 bits per heavy atom. The van der Waals surface area contributed by atoms with E-state index in [1.165, 1.54) is 25.8 Å². The van der Waals surface area contributed by atoms with Crippen LogP contribution in [0, 0.1) is 6.92 Å². The highest BCUT2D eigenvalue weighted by Crippen LogP contribution is 2.33. The summed E-state index contributed by atoms with van der Waals surface area (Å²) in [6, 6.07) is 13.5. The lowest BCUT2D eigenvalue weighted by molar-refractivity contribution is -1.02. The summed E-state index contributed by atoms with van der Waals surface area (Å²) in [4.78, 5) is 30.0. The SMILES string of the molecule is COc1ccc(N2C(=O)C[C@H]([NH+]3CC[NH+](Cc4cccc(C)c4)CC3)C2=O)cc1OC. The van der Waals surface area contributed by atoms with Crippen molar-refractivity contribution in [2.75, 3.05) is 45.3 Å². The van der Waals surface area contributed by atoms with Gasteiger partial charge in [-0.2, -0.15) is 0 Å². The van der Waals surface area contributed by atoms with Gasteiger partial charge in [-0.15, -0.1) is 0 Å². The summed E-state index contributed by atoms with van der Waals surface area (Å²) in [6.45, 7) is 6.91. The molecule has 2 amide bonds. The smallest absolute Gasteiger partial charge is 0.292 e. The zero-order valence-electron chi connectivity index (χ0n) is 18.4. The van der Waals surface area contributed by atoms with Crippen LogP contribution in [0.2, 0.25) is 0 Å². The van der Waals surface area contributed by atoms with E-state index >= 15 is 0 Å².